The molecule has 3 atom stereocenters. The molecule has 1 aromatic rings. The average molecular weight is 290 g/mol. The summed E-state index contributed by atoms with van der Waals surface area (Å²) in [5.74, 6) is 1.18. The van der Waals surface area contributed by atoms with Gasteiger partial charge in [-0.05, 0) is 40.6 Å². The SMILES string of the molecule is CC1CCCC(C(O)c2scnc2Br)C1. The molecule has 1 N–H and O–H groups in total. The fourth-order valence-corrected chi connectivity index (χ4v) is 3.92. The minimum absolute atomic E-state index is 0.324. The van der Waals surface area contributed by atoms with E-state index < -0.39 is 0 Å². The molecule has 15 heavy (non-hydrogen) atoms. The van der Waals surface area contributed by atoms with Gasteiger partial charge in [0.25, 0.3) is 0 Å². The first kappa shape index (κ1) is 11.6. The van der Waals surface area contributed by atoms with Gasteiger partial charge in [-0.25, -0.2) is 4.98 Å². The first-order chi connectivity index (χ1) is 7.18. The molecule has 2 rings (SSSR count). The molecule has 0 radical (unpaired) electrons. The van der Waals surface area contributed by atoms with E-state index in [1.54, 1.807) is 16.8 Å². The van der Waals surface area contributed by atoms with Crippen LogP contribution in [0.4, 0.5) is 0 Å². The number of thiazole rings is 1. The monoisotopic (exact) mass is 289 g/mol. The lowest BCUT2D eigenvalue weighted by atomic mass is 9.79. The number of hydrogen-bond donors (Lipinski definition) is 1. The van der Waals surface area contributed by atoms with Crippen LogP contribution in [0.25, 0.3) is 0 Å². The molecule has 2 nitrogen and oxygen atoms in total. The largest absolute Gasteiger partial charge is 0.387 e. The molecule has 1 heterocycles. The van der Waals surface area contributed by atoms with Crippen LogP contribution in [-0.2, 0) is 0 Å². The van der Waals surface area contributed by atoms with E-state index in [0.717, 1.165) is 28.2 Å². The van der Waals surface area contributed by atoms with E-state index >= 15 is 0 Å². The maximum absolute atomic E-state index is 10.3. The zero-order valence-electron chi connectivity index (χ0n) is 8.82. The first-order valence-electron chi connectivity index (χ1n) is 5.45. The predicted molar refractivity (Wildman–Crippen MR) is 65.9 cm³/mol. The fraction of sp³-hybridized carbons (Fsp3) is 0.727. The number of halogens is 1. The maximum atomic E-state index is 10.3. The van der Waals surface area contributed by atoms with Gasteiger partial charge in [0.2, 0.25) is 0 Å². The van der Waals surface area contributed by atoms with Gasteiger partial charge < -0.3 is 5.11 Å². The highest BCUT2D eigenvalue weighted by atomic mass is 79.9. The Labute approximate surface area is 103 Å². The Morgan fingerprint density at radius 3 is 3.00 bits per heavy atom. The topological polar surface area (TPSA) is 33.1 Å². The molecular weight excluding hydrogens is 274 g/mol. The summed E-state index contributed by atoms with van der Waals surface area (Å²) in [6.07, 6.45) is 4.53. The van der Waals surface area contributed by atoms with Crippen LogP contribution in [0.3, 0.4) is 0 Å². The lowest BCUT2D eigenvalue weighted by Crippen LogP contribution is -2.19. The van der Waals surface area contributed by atoms with E-state index in [4.69, 9.17) is 0 Å². The second-order valence-corrected chi connectivity index (χ2v) is 6.12. The van der Waals surface area contributed by atoms with Crippen LogP contribution >= 0.6 is 27.3 Å². The van der Waals surface area contributed by atoms with Crippen molar-refractivity contribution in [3.05, 3.63) is 15.0 Å². The van der Waals surface area contributed by atoms with Crippen molar-refractivity contribution in [3.63, 3.8) is 0 Å². The predicted octanol–water partition coefficient (Wildman–Crippen LogP) is 3.77. The molecule has 4 heteroatoms. The zero-order valence-corrected chi connectivity index (χ0v) is 11.2. The highest BCUT2D eigenvalue weighted by Crippen LogP contribution is 2.40. The Morgan fingerprint density at radius 2 is 2.40 bits per heavy atom. The summed E-state index contributed by atoms with van der Waals surface area (Å²) >= 11 is 4.93. The minimum atomic E-state index is -0.324. The van der Waals surface area contributed by atoms with E-state index in [9.17, 15) is 5.11 Å². The van der Waals surface area contributed by atoms with Gasteiger partial charge in [0.05, 0.1) is 16.5 Å². The summed E-state index contributed by atoms with van der Waals surface area (Å²) in [5.41, 5.74) is 1.79. The fourth-order valence-electron chi connectivity index (χ4n) is 2.42. The van der Waals surface area contributed by atoms with Gasteiger partial charge in [-0.3, -0.25) is 0 Å². The maximum Gasteiger partial charge on any atom is 0.122 e. The van der Waals surface area contributed by atoms with Crippen LogP contribution in [0, 0.1) is 11.8 Å². The van der Waals surface area contributed by atoms with Gasteiger partial charge >= 0.3 is 0 Å². The van der Waals surface area contributed by atoms with Crippen LogP contribution in [0.2, 0.25) is 0 Å². The Hall–Kier alpha value is 0.0700. The number of aliphatic hydroxyl groups is 1. The normalized spacial score (nSPS) is 29.0. The van der Waals surface area contributed by atoms with Crippen molar-refractivity contribution in [2.24, 2.45) is 11.8 Å². The number of aromatic nitrogens is 1. The average Bonchev–Trinajstić information content (AvgIpc) is 2.63. The Morgan fingerprint density at radius 1 is 1.60 bits per heavy atom. The molecule has 3 unspecified atom stereocenters. The van der Waals surface area contributed by atoms with Crippen LogP contribution in [0.15, 0.2) is 10.1 Å². The third-order valence-electron chi connectivity index (χ3n) is 3.24. The molecule has 1 fully saturated rings. The summed E-state index contributed by atoms with van der Waals surface area (Å²) in [7, 11) is 0. The van der Waals surface area contributed by atoms with Crippen molar-refractivity contribution in [2.75, 3.05) is 0 Å². The molecule has 0 aromatic carbocycles. The number of nitrogens with zero attached hydrogens (tertiary/aromatic N) is 1. The van der Waals surface area contributed by atoms with Crippen LogP contribution in [-0.4, -0.2) is 10.1 Å². The van der Waals surface area contributed by atoms with Crippen LogP contribution in [0.1, 0.15) is 43.6 Å². The molecule has 1 saturated carbocycles. The molecule has 0 amide bonds. The summed E-state index contributed by atoms with van der Waals surface area (Å²) in [4.78, 5) is 5.12. The highest BCUT2D eigenvalue weighted by Gasteiger charge is 2.28. The van der Waals surface area contributed by atoms with Crippen molar-refractivity contribution in [3.8, 4) is 0 Å². The van der Waals surface area contributed by atoms with Gasteiger partial charge in [0.15, 0.2) is 0 Å². The van der Waals surface area contributed by atoms with Crippen LogP contribution < -0.4 is 0 Å². The minimum Gasteiger partial charge on any atom is -0.387 e. The zero-order chi connectivity index (χ0) is 10.8. The molecule has 0 saturated heterocycles. The molecular formula is C11H16BrNOS. The van der Waals surface area contributed by atoms with Gasteiger partial charge in [0.1, 0.15) is 4.60 Å². The molecule has 1 aliphatic rings. The van der Waals surface area contributed by atoms with Gasteiger partial charge in [-0.2, -0.15) is 0 Å². The standard InChI is InChI=1S/C11H16BrNOS/c1-7-3-2-4-8(5-7)9(14)10-11(12)13-6-15-10/h6-9,14H,2-5H2,1H3. The summed E-state index contributed by atoms with van der Waals surface area (Å²) < 4.78 is 0.818. The molecule has 1 aliphatic carbocycles. The van der Waals surface area contributed by atoms with Crippen molar-refractivity contribution >= 4 is 27.3 Å². The van der Waals surface area contributed by atoms with Crippen molar-refractivity contribution in [2.45, 2.75) is 38.7 Å². The smallest absolute Gasteiger partial charge is 0.122 e. The van der Waals surface area contributed by atoms with Crippen LogP contribution in [0.5, 0.6) is 0 Å². The summed E-state index contributed by atoms with van der Waals surface area (Å²) in [6.45, 7) is 2.28. The van der Waals surface area contributed by atoms with Gasteiger partial charge in [-0.15, -0.1) is 11.3 Å². The second-order valence-electron chi connectivity index (χ2n) is 4.48. The molecule has 0 bridgehead atoms. The van der Waals surface area contributed by atoms with Gasteiger partial charge in [0, 0.05) is 0 Å². The highest BCUT2D eigenvalue weighted by molar-refractivity contribution is 9.10. The second kappa shape index (κ2) is 4.93. The van der Waals surface area contributed by atoms with Crippen molar-refractivity contribution in [1.82, 2.24) is 4.98 Å². The van der Waals surface area contributed by atoms with E-state index in [2.05, 4.69) is 27.8 Å². The Bertz CT molecular complexity index is 328. The van der Waals surface area contributed by atoms with Gasteiger partial charge in [-0.1, -0.05) is 19.8 Å². The lowest BCUT2D eigenvalue weighted by Gasteiger charge is -2.29. The van der Waals surface area contributed by atoms with E-state index in [0.29, 0.717) is 5.92 Å². The summed E-state index contributed by atoms with van der Waals surface area (Å²) in [6, 6.07) is 0. The summed E-state index contributed by atoms with van der Waals surface area (Å²) in [5, 5.41) is 10.3. The number of hydrogen-bond acceptors (Lipinski definition) is 3. The Kier molecular flexibility index (Phi) is 3.80. The molecule has 0 aliphatic heterocycles. The van der Waals surface area contributed by atoms with Crippen molar-refractivity contribution < 1.29 is 5.11 Å². The Balaban J connectivity index is 2.07. The third-order valence-corrected chi connectivity index (χ3v) is 5.04. The third kappa shape index (κ3) is 2.60. The van der Waals surface area contributed by atoms with Crippen molar-refractivity contribution in [1.29, 1.82) is 0 Å². The molecule has 0 spiro atoms. The first-order valence-corrected chi connectivity index (χ1v) is 7.12. The van der Waals surface area contributed by atoms with E-state index in [1.165, 1.54) is 12.8 Å². The number of aliphatic hydroxyl groups excluding tert-OH is 1. The van der Waals surface area contributed by atoms with E-state index in [1.807, 2.05) is 0 Å². The molecule has 84 valence electrons. The molecule has 1 aromatic heterocycles. The lowest BCUT2D eigenvalue weighted by molar-refractivity contribution is 0.0735. The number of rotatable bonds is 2. The quantitative estimate of drug-likeness (QED) is 0.899. The van der Waals surface area contributed by atoms with E-state index in [-0.39, 0.29) is 6.10 Å².